The highest BCUT2D eigenvalue weighted by molar-refractivity contribution is 7.92. The predicted molar refractivity (Wildman–Crippen MR) is 75.0 cm³/mol. The van der Waals surface area contributed by atoms with E-state index in [0.29, 0.717) is 19.0 Å². The SMILES string of the molecule is CC1CCN(S(=O)(=O)c2ccccc2S(N)(=O)=O)CC1. The predicted octanol–water partition coefficient (Wildman–Crippen LogP) is 0.755. The van der Waals surface area contributed by atoms with E-state index in [2.05, 4.69) is 6.92 Å². The molecule has 0 unspecified atom stereocenters. The van der Waals surface area contributed by atoms with Crippen molar-refractivity contribution in [1.29, 1.82) is 0 Å². The zero-order valence-electron chi connectivity index (χ0n) is 11.2. The van der Waals surface area contributed by atoms with Crippen LogP contribution in [0.25, 0.3) is 0 Å². The average Bonchev–Trinajstić information content (AvgIpc) is 2.38. The van der Waals surface area contributed by atoms with Gasteiger partial charge in [-0.05, 0) is 30.9 Å². The Morgan fingerprint density at radius 3 is 2.05 bits per heavy atom. The van der Waals surface area contributed by atoms with E-state index in [1.165, 1.54) is 28.6 Å². The summed E-state index contributed by atoms with van der Waals surface area (Å²) < 4.78 is 49.5. The standard InChI is InChI=1S/C12H18N2O4S2/c1-10-6-8-14(9-7-10)20(17,18)12-5-3-2-4-11(12)19(13,15)16/h2-5,10H,6-9H2,1H3,(H2,13,15,16). The summed E-state index contributed by atoms with van der Waals surface area (Å²) in [6.45, 7) is 2.88. The number of hydrogen-bond acceptors (Lipinski definition) is 4. The lowest BCUT2D eigenvalue weighted by atomic mass is 10.0. The largest absolute Gasteiger partial charge is 0.244 e. The number of piperidine rings is 1. The van der Waals surface area contributed by atoms with Gasteiger partial charge in [-0.2, -0.15) is 4.31 Å². The van der Waals surface area contributed by atoms with Crippen molar-refractivity contribution in [1.82, 2.24) is 4.31 Å². The lowest BCUT2D eigenvalue weighted by Gasteiger charge is -2.29. The van der Waals surface area contributed by atoms with E-state index in [0.717, 1.165) is 12.8 Å². The maximum atomic E-state index is 12.6. The summed E-state index contributed by atoms with van der Waals surface area (Å²) >= 11 is 0. The van der Waals surface area contributed by atoms with Crippen LogP contribution in [0.1, 0.15) is 19.8 Å². The van der Waals surface area contributed by atoms with E-state index in [1.807, 2.05) is 0 Å². The molecular weight excluding hydrogens is 300 g/mol. The first-order chi connectivity index (χ1) is 9.23. The molecule has 0 bridgehead atoms. The number of nitrogens with two attached hydrogens (primary N) is 1. The van der Waals surface area contributed by atoms with E-state index in [1.54, 1.807) is 0 Å². The normalized spacial score (nSPS) is 19.1. The number of primary sulfonamides is 1. The summed E-state index contributed by atoms with van der Waals surface area (Å²) in [5.41, 5.74) is 0. The molecule has 0 saturated carbocycles. The molecule has 6 nitrogen and oxygen atoms in total. The maximum absolute atomic E-state index is 12.6. The van der Waals surface area contributed by atoms with E-state index >= 15 is 0 Å². The highest BCUT2D eigenvalue weighted by Crippen LogP contribution is 2.27. The van der Waals surface area contributed by atoms with Crippen molar-refractivity contribution >= 4 is 20.0 Å². The molecule has 0 aliphatic carbocycles. The molecule has 1 fully saturated rings. The molecule has 1 aromatic rings. The van der Waals surface area contributed by atoms with Gasteiger partial charge >= 0.3 is 0 Å². The van der Waals surface area contributed by atoms with Crippen LogP contribution < -0.4 is 5.14 Å². The summed E-state index contributed by atoms with van der Waals surface area (Å²) in [7, 11) is -7.90. The highest BCUT2D eigenvalue weighted by Gasteiger charge is 2.31. The summed E-state index contributed by atoms with van der Waals surface area (Å²) in [6.07, 6.45) is 1.55. The second-order valence-corrected chi connectivity index (χ2v) is 8.51. The number of sulfonamides is 2. The molecule has 20 heavy (non-hydrogen) atoms. The van der Waals surface area contributed by atoms with Crippen LogP contribution in [-0.4, -0.2) is 34.2 Å². The first kappa shape index (κ1) is 15.4. The van der Waals surface area contributed by atoms with Crippen molar-refractivity contribution in [2.75, 3.05) is 13.1 Å². The van der Waals surface area contributed by atoms with Gasteiger partial charge in [0, 0.05) is 13.1 Å². The van der Waals surface area contributed by atoms with Crippen LogP contribution in [0.3, 0.4) is 0 Å². The van der Waals surface area contributed by atoms with Crippen LogP contribution in [0.5, 0.6) is 0 Å². The smallest absolute Gasteiger partial charge is 0.225 e. The molecule has 0 radical (unpaired) electrons. The van der Waals surface area contributed by atoms with Crippen molar-refractivity contribution in [2.45, 2.75) is 29.6 Å². The maximum Gasteiger partial charge on any atom is 0.244 e. The van der Waals surface area contributed by atoms with Gasteiger partial charge < -0.3 is 0 Å². The van der Waals surface area contributed by atoms with Crippen LogP contribution in [0.2, 0.25) is 0 Å². The fraction of sp³-hybridized carbons (Fsp3) is 0.500. The molecule has 8 heteroatoms. The van der Waals surface area contributed by atoms with Gasteiger partial charge in [0.1, 0.15) is 9.79 Å². The third-order valence-corrected chi connectivity index (χ3v) is 6.57. The minimum Gasteiger partial charge on any atom is -0.225 e. The van der Waals surface area contributed by atoms with Crippen LogP contribution in [0.4, 0.5) is 0 Å². The molecule has 1 aliphatic rings. The third-order valence-electron chi connectivity index (χ3n) is 3.52. The van der Waals surface area contributed by atoms with Gasteiger partial charge in [0.05, 0.1) is 0 Å². The Bertz CT molecular complexity index is 690. The molecule has 0 amide bonds. The van der Waals surface area contributed by atoms with Crippen molar-refractivity contribution in [3.63, 3.8) is 0 Å². The Kier molecular flexibility index (Phi) is 4.19. The summed E-state index contributed by atoms with van der Waals surface area (Å²) in [5, 5.41) is 5.10. The van der Waals surface area contributed by atoms with Gasteiger partial charge in [-0.3, -0.25) is 0 Å². The topological polar surface area (TPSA) is 97.5 Å². The van der Waals surface area contributed by atoms with Crippen LogP contribution in [-0.2, 0) is 20.0 Å². The quantitative estimate of drug-likeness (QED) is 0.889. The zero-order chi connectivity index (χ0) is 15.0. The molecule has 2 rings (SSSR count). The fourth-order valence-corrected chi connectivity index (χ4v) is 5.09. The molecule has 0 atom stereocenters. The molecule has 1 heterocycles. The van der Waals surface area contributed by atoms with Crippen molar-refractivity contribution in [3.05, 3.63) is 24.3 Å². The number of benzene rings is 1. The summed E-state index contributed by atoms with van der Waals surface area (Å²) in [5.74, 6) is 0.481. The van der Waals surface area contributed by atoms with Gasteiger partial charge in [0.2, 0.25) is 20.0 Å². The van der Waals surface area contributed by atoms with Crippen molar-refractivity contribution < 1.29 is 16.8 Å². The Hall–Kier alpha value is -0.960. The van der Waals surface area contributed by atoms with E-state index in [4.69, 9.17) is 5.14 Å². The Morgan fingerprint density at radius 2 is 1.55 bits per heavy atom. The van der Waals surface area contributed by atoms with Crippen LogP contribution in [0, 0.1) is 5.92 Å². The molecule has 1 saturated heterocycles. The van der Waals surface area contributed by atoms with E-state index in [-0.39, 0.29) is 9.79 Å². The molecule has 112 valence electrons. The molecule has 2 N–H and O–H groups in total. The Labute approximate surface area is 119 Å². The van der Waals surface area contributed by atoms with E-state index in [9.17, 15) is 16.8 Å². The second-order valence-electron chi connectivity index (χ2n) is 5.08. The summed E-state index contributed by atoms with van der Waals surface area (Å²) in [6, 6.07) is 5.45. The van der Waals surface area contributed by atoms with Crippen molar-refractivity contribution in [3.8, 4) is 0 Å². The lowest BCUT2D eigenvalue weighted by molar-refractivity contribution is 0.287. The summed E-state index contributed by atoms with van der Waals surface area (Å²) in [4.78, 5) is -0.587. The number of hydrogen-bond donors (Lipinski definition) is 1. The van der Waals surface area contributed by atoms with Gasteiger partial charge in [-0.25, -0.2) is 22.0 Å². The van der Waals surface area contributed by atoms with Gasteiger partial charge in [-0.15, -0.1) is 0 Å². The minimum absolute atomic E-state index is 0.239. The first-order valence-electron chi connectivity index (χ1n) is 6.35. The molecule has 1 aliphatic heterocycles. The monoisotopic (exact) mass is 318 g/mol. The zero-order valence-corrected chi connectivity index (χ0v) is 12.8. The molecule has 1 aromatic carbocycles. The van der Waals surface area contributed by atoms with Crippen LogP contribution >= 0.6 is 0 Å². The number of nitrogens with zero attached hydrogens (tertiary/aromatic N) is 1. The Balaban J connectivity index is 2.46. The number of rotatable bonds is 3. The van der Waals surface area contributed by atoms with Gasteiger partial charge in [-0.1, -0.05) is 19.1 Å². The Morgan fingerprint density at radius 1 is 1.05 bits per heavy atom. The molecule has 0 aromatic heterocycles. The molecular formula is C12H18N2O4S2. The van der Waals surface area contributed by atoms with Gasteiger partial charge in [0.25, 0.3) is 0 Å². The average molecular weight is 318 g/mol. The molecule has 0 spiro atoms. The second kappa shape index (κ2) is 5.44. The van der Waals surface area contributed by atoms with Crippen LogP contribution in [0.15, 0.2) is 34.1 Å². The highest BCUT2D eigenvalue weighted by atomic mass is 32.2. The third kappa shape index (κ3) is 3.03. The first-order valence-corrected chi connectivity index (χ1v) is 9.33. The van der Waals surface area contributed by atoms with Crippen molar-refractivity contribution in [2.24, 2.45) is 11.1 Å². The minimum atomic E-state index is -4.07. The lowest BCUT2D eigenvalue weighted by Crippen LogP contribution is -2.38. The van der Waals surface area contributed by atoms with Gasteiger partial charge in [0.15, 0.2) is 0 Å². The van der Waals surface area contributed by atoms with E-state index < -0.39 is 20.0 Å². The fourth-order valence-electron chi connectivity index (χ4n) is 2.26.